The Bertz CT molecular complexity index is 277. The second-order valence-corrected chi connectivity index (χ2v) is 3.40. The number of carbonyl (C=O) groups is 2. The Labute approximate surface area is 91.9 Å². The highest BCUT2D eigenvalue weighted by Gasteiger charge is 2.48. The lowest BCUT2D eigenvalue weighted by molar-refractivity contribution is -0.174. The Morgan fingerprint density at radius 1 is 1.19 bits per heavy atom. The smallest absolute Gasteiger partial charge is 0.303 e. The van der Waals surface area contributed by atoms with Gasteiger partial charge >= 0.3 is 11.9 Å². The largest absolute Gasteiger partial charge is 0.455 e. The van der Waals surface area contributed by atoms with Crippen LogP contribution in [0.4, 0.5) is 0 Å². The second kappa shape index (κ2) is 5.24. The minimum Gasteiger partial charge on any atom is -0.455 e. The van der Waals surface area contributed by atoms with Gasteiger partial charge < -0.3 is 24.4 Å². The molecule has 0 aromatic rings. The van der Waals surface area contributed by atoms with E-state index in [-0.39, 0.29) is 0 Å². The zero-order valence-electron chi connectivity index (χ0n) is 8.95. The third-order valence-corrected chi connectivity index (χ3v) is 2.07. The van der Waals surface area contributed by atoms with E-state index >= 15 is 0 Å². The van der Waals surface area contributed by atoms with Crippen LogP contribution in [-0.4, -0.2) is 53.4 Å². The monoisotopic (exact) mass is 234 g/mol. The summed E-state index contributed by atoms with van der Waals surface area (Å²) in [5.41, 5.74) is 0. The summed E-state index contributed by atoms with van der Waals surface area (Å²) in [5.74, 6) is -1.25. The van der Waals surface area contributed by atoms with E-state index in [0.29, 0.717) is 0 Å². The van der Waals surface area contributed by atoms with Crippen LogP contribution in [0.2, 0.25) is 0 Å². The molecule has 0 saturated carbocycles. The molecule has 2 N–H and O–H groups in total. The Morgan fingerprint density at radius 3 is 2.12 bits per heavy atom. The standard InChI is InChI=1S/C9H14O7/c1-4(11)14-7-6(3-10)16-9(13)8(7)15-5(2)12/h6-10,13H,3H2,1-2H3/t6-,7-,8-,9?/m0/s1. The molecule has 0 aromatic heterocycles. The van der Waals surface area contributed by atoms with E-state index in [9.17, 15) is 14.7 Å². The zero-order chi connectivity index (χ0) is 12.3. The molecule has 1 unspecified atom stereocenters. The van der Waals surface area contributed by atoms with Gasteiger partial charge in [-0.1, -0.05) is 0 Å². The molecule has 1 rings (SSSR count). The van der Waals surface area contributed by atoms with E-state index in [1.165, 1.54) is 6.92 Å². The van der Waals surface area contributed by atoms with Crippen molar-refractivity contribution in [3.63, 3.8) is 0 Å². The molecule has 0 radical (unpaired) electrons. The normalized spacial score (nSPS) is 33.5. The van der Waals surface area contributed by atoms with E-state index in [2.05, 4.69) is 0 Å². The Balaban J connectivity index is 2.76. The van der Waals surface area contributed by atoms with Gasteiger partial charge in [-0.25, -0.2) is 0 Å². The predicted octanol–water partition coefficient (Wildman–Crippen LogP) is -1.44. The predicted molar refractivity (Wildman–Crippen MR) is 49.1 cm³/mol. The fraction of sp³-hybridized carbons (Fsp3) is 0.778. The van der Waals surface area contributed by atoms with Crippen molar-refractivity contribution in [3.8, 4) is 0 Å². The number of esters is 2. The van der Waals surface area contributed by atoms with Gasteiger partial charge in [-0.15, -0.1) is 0 Å². The minimum absolute atomic E-state index is 0.452. The average molecular weight is 234 g/mol. The van der Waals surface area contributed by atoms with Crippen molar-refractivity contribution in [1.29, 1.82) is 0 Å². The number of hydrogen-bond donors (Lipinski definition) is 2. The maximum atomic E-state index is 10.8. The van der Waals surface area contributed by atoms with Crippen molar-refractivity contribution in [1.82, 2.24) is 0 Å². The summed E-state index contributed by atoms with van der Waals surface area (Å²) in [7, 11) is 0. The molecule has 1 aliphatic rings. The van der Waals surface area contributed by atoms with Crippen LogP contribution in [0.15, 0.2) is 0 Å². The Kier molecular flexibility index (Phi) is 4.22. The third-order valence-electron chi connectivity index (χ3n) is 2.07. The van der Waals surface area contributed by atoms with Gasteiger partial charge in [0.25, 0.3) is 0 Å². The maximum absolute atomic E-state index is 10.8. The molecular weight excluding hydrogens is 220 g/mol. The van der Waals surface area contributed by atoms with Crippen molar-refractivity contribution >= 4 is 11.9 Å². The molecule has 1 fully saturated rings. The molecule has 0 amide bonds. The van der Waals surface area contributed by atoms with Crippen LogP contribution in [0.3, 0.4) is 0 Å². The molecule has 0 spiro atoms. The van der Waals surface area contributed by atoms with Gasteiger partial charge in [0.1, 0.15) is 6.10 Å². The molecular formula is C9H14O7. The van der Waals surface area contributed by atoms with Crippen molar-refractivity contribution in [2.24, 2.45) is 0 Å². The Morgan fingerprint density at radius 2 is 1.69 bits per heavy atom. The van der Waals surface area contributed by atoms with Gasteiger partial charge in [0.05, 0.1) is 6.61 Å². The van der Waals surface area contributed by atoms with Crippen LogP contribution in [0.1, 0.15) is 13.8 Å². The van der Waals surface area contributed by atoms with Crippen LogP contribution in [0, 0.1) is 0 Å². The number of aliphatic hydroxyl groups is 2. The number of aliphatic hydroxyl groups excluding tert-OH is 2. The van der Waals surface area contributed by atoms with Crippen molar-refractivity contribution < 1.29 is 34.0 Å². The van der Waals surface area contributed by atoms with Gasteiger partial charge in [0.2, 0.25) is 0 Å². The average Bonchev–Trinajstić information content (AvgIpc) is 2.44. The Hall–Kier alpha value is -1.18. The molecule has 0 bridgehead atoms. The third kappa shape index (κ3) is 2.91. The molecule has 1 aliphatic heterocycles. The van der Waals surface area contributed by atoms with Crippen LogP contribution in [0.25, 0.3) is 0 Å². The van der Waals surface area contributed by atoms with Gasteiger partial charge in [0.15, 0.2) is 18.5 Å². The number of ether oxygens (including phenoxy) is 3. The lowest BCUT2D eigenvalue weighted by Gasteiger charge is -2.21. The van der Waals surface area contributed by atoms with E-state index < -0.39 is 43.1 Å². The lowest BCUT2D eigenvalue weighted by atomic mass is 10.1. The van der Waals surface area contributed by atoms with E-state index in [0.717, 1.165) is 6.92 Å². The molecule has 7 nitrogen and oxygen atoms in total. The fourth-order valence-corrected chi connectivity index (χ4v) is 1.51. The molecule has 92 valence electrons. The first-order valence-corrected chi connectivity index (χ1v) is 4.74. The number of rotatable bonds is 3. The number of hydrogen-bond acceptors (Lipinski definition) is 7. The maximum Gasteiger partial charge on any atom is 0.303 e. The molecule has 1 saturated heterocycles. The van der Waals surface area contributed by atoms with E-state index in [1.54, 1.807) is 0 Å². The topological polar surface area (TPSA) is 102 Å². The molecule has 16 heavy (non-hydrogen) atoms. The summed E-state index contributed by atoms with van der Waals surface area (Å²) in [6, 6.07) is 0. The molecule has 7 heteroatoms. The van der Waals surface area contributed by atoms with Crippen LogP contribution >= 0.6 is 0 Å². The second-order valence-electron chi connectivity index (χ2n) is 3.40. The van der Waals surface area contributed by atoms with Crippen molar-refractivity contribution in [3.05, 3.63) is 0 Å². The van der Waals surface area contributed by atoms with Crippen LogP contribution < -0.4 is 0 Å². The van der Waals surface area contributed by atoms with Gasteiger partial charge in [-0.05, 0) is 0 Å². The van der Waals surface area contributed by atoms with Gasteiger partial charge in [0, 0.05) is 13.8 Å². The lowest BCUT2D eigenvalue weighted by Crippen LogP contribution is -2.40. The first-order chi connectivity index (χ1) is 7.45. The highest BCUT2D eigenvalue weighted by molar-refractivity contribution is 5.67. The van der Waals surface area contributed by atoms with Gasteiger partial charge in [-0.3, -0.25) is 9.59 Å². The highest BCUT2D eigenvalue weighted by Crippen LogP contribution is 2.25. The quantitative estimate of drug-likeness (QED) is 0.576. The van der Waals surface area contributed by atoms with Gasteiger partial charge in [-0.2, -0.15) is 0 Å². The summed E-state index contributed by atoms with van der Waals surface area (Å²) >= 11 is 0. The van der Waals surface area contributed by atoms with E-state index in [4.69, 9.17) is 19.3 Å². The van der Waals surface area contributed by atoms with Crippen molar-refractivity contribution in [2.45, 2.75) is 38.4 Å². The first kappa shape index (κ1) is 12.9. The van der Waals surface area contributed by atoms with Crippen LogP contribution in [0.5, 0.6) is 0 Å². The zero-order valence-corrected chi connectivity index (χ0v) is 8.95. The SMILES string of the molecule is CC(=O)O[C@H]1[C@H](CO)OC(O)[C@H]1OC(C)=O. The van der Waals surface area contributed by atoms with Crippen LogP contribution in [-0.2, 0) is 23.8 Å². The first-order valence-electron chi connectivity index (χ1n) is 4.74. The molecule has 1 heterocycles. The minimum atomic E-state index is -1.41. The summed E-state index contributed by atoms with van der Waals surface area (Å²) in [6.07, 6.45) is -4.42. The molecule has 0 aromatic carbocycles. The highest BCUT2D eigenvalue weighted by atomic mass is 16.7. The summed E-state index contributed by atoms with van der Waals surface area (Å²) in [5, 5.41) is 18.4. The van der Waals surface area contributed by atoms with Crippen molar-refractivity contribution in [2.75, 3.05) is 6.61 Å². The summed E-state index contributed by atoms with van der Waals surface area (Å²) < 4.78 is 14.5. The summed E-state index contributed by atoms with van der Waals surface area (Å²) in [6.45, 7) is 1.88. The summed E-state index contributed by atoms with van der Waals surface area (Å²) in [4.78, 5) is 21.6. The fourth-order valence-electron chi connectivity index (χ4n) is 1.51. The van der Waals surface area contributed by atoms with E-state index in [1.807, 2.05) is 0 Å². The molecule has 4 atom stereocenters. The molecule has 0 aliphatic carbocycles. The number of carbonyl (C=O) groups excluding carboxylic acids is 2.